The Bertz CT molecular complexity index is 538. The summed E-state index contributed by atoms with van der Waals surface area (Å²) in [4.78, 5) is 17.1. The van der Waals surface area contributed by atoms with Gasteiger partial charge in [0.15, 0.2) is 5.82 Å². The molecule has 1 saturated heterocycles. The maximum absolute atomic E-state index is 4.59. The van der Waals surface area contributed by atoms with Crippen LogP contribution in [-0.2, 0) is 6.42 Å². The van der Waals surface area contributed by atoms with Crippen LogP contribution >= 0.6 is 0 Å². The standard InChI is InChI=1S/C14H18N6/c1-4-17-14(18-5-1)20-13-10-16-9-12(19-13)8-11-2-6-15-7-3-11/h1,4-5,9-11,15H,2-3,6-8H2,(H,17,18,19,20). The van der Waals surface area contributed by atoms with E-state index in [2.05, 4.69) is 30.6 Å². The fourth-order valence-corrected chi connectivity index (χ4v) is 2.42. The third kappa shape index (κ3) is 3.48. The molecule has 1 aliphatic heterocycles. The molecule has 0 bridgehead atoms. The Balaban J connectivity index is 1.66. The summed E-state index contributed by atoms with van der Waals surface area (Å²) >= 11 is 0. The molecule has 3 heterocycles. The van der Waals surface area contributed by atoms with Gasteiger partial charge in [-0.25, -0.2) is 15.0 Å². The SMILES string of the molecule is c1cnc(Nc2cncc(CC3CCNCC3)n2)nc1. The molecule has 0 atom stereocenters. The van der Waals surface area contributed by atoms with Gasteiger partial charge < -0.3 is 10.6 Å². The lowest BCUT2D eigenvalue weighted by atomic mass is 9.93. The zero-order valence-corrected chi connectivity index (χ0v) is 11.3. The van der Waals surface area contributed by atoms with Gasteiger partial charge in [-0.3, -0.25) is 4.98 Å². The fraction of sp³-hybridized carbons (Fsp3) is 0.429. The third-order valence-electron chi connectivity index (χ3n) is 3.45. The zero-order valence-electron chi connectivity index (χ0n) is 11.3. The first-order valence-electron chi connectivity index (χ1n) is 6.96. The minimum Gasteiger partial charge on any atom is -0.317 e. The summed E-state index contributed by atoms with van der Waals surface area (Å²) in [5.74, 6) is 1.94. The van der Waals surface area contributed by atoms with Gasteiger partial charge in [-0.1, -0.05) is 0 Å². The maximum atomic E-state index is 4.59. The number of hydrogen-bond donors (Lipinski definition) is 2. The van der Waals surface area contributed by atoms with E-state index in [-0.39, 0.29) is 0 Å². The Morgan fingerprint density at radius 3 is 2.75 bits per heavy atom. The summed E-state index contributed by atoms with van der Waals surface area (Å²) in [5.41, 5.74) is 1.03. The second kappa shape index (κ2) is 6.38. The van der Waals surface area contributed by atoms with E-state index >= 15 is 0 Å². The molecule has 0 radical (unpaired) electrons. The van der Waals surface area contributed by atoms with Crippen molar-refractivity contribution in [1.82, 2.24) is 25.3 Å². The molecule has 0 saturated carbocycles. The molecular formula is C14H18N6. The van der Waals surface area contributed by atoms with Gasteiger partial charge >= 0.3 is 0 Å². The normalized spacial score (nSPS) is 16.0. The molecule has 2 aromatic heterocycles. The first kappa shape index (κ1) is 12.9. The van der Waals surface area contributed by atoms with Gasteiger partial charge in [0.05, 0.1) is 11.9 Å². The summed E-state index contributed by atoms with van der Waals surface area (Å²) in [6, 6.07) is 1.78. The lowest BCUT2D eigenvalue weighted by molar-refractivity contribution is 0.370. The summed E-state index contributed by atoms with van der Waals surface area (Å²) in [5, 5.41) is 6.45. The van der Waals surface area contributed by atoms with Crippen molar-refractivity contribution in [2.24, 2.45) is 5.92 Å². The quantitative estimate of drug-likeness (QED) is 0.878. The summed E-state index contributed by atoms with van der Waals surface area (Å²) in [6.07, 6.45) is 10.3. The molecule has 0 unspecified atom stereocenters. The molecule has 2 N–H and O–H groups in total. The largest absolute Gasteiger partial charge is 0.317 e. The Kier molecular flexibility index (Phi) is 4.13. The second-order valence-electron chi connectivity index (χ2n) is 4.99. The zero-order chi connectivity index (χ0) is 13.6. The van der Waals surface area contributed by atoms with E-state index in [9.17, 15) is 0 Å². The van der Waals surface area contributed by atoms with Crippen molar-refractivity contribution < 1.29 is 0 Å². The van der Waals surface area contributed by atoms with Crippen LogP contribution in [-0.4, -0.2) is 33.0 Å². The Morgan fingerprint density at radius 1 is 1.15 bits per heavy atom. The molecule has 104 valence electrons. The number of aromatic nitrogens is 4. The molecule has 0 aliphatic carbocycles. The third-order valence-corrected chi connectivity index (χ3v) is 3.45. The van der Waals surface area contributed by atoms with Gasteiger partial charge in [0.2, 0.25) is 5.95 Å². The molecule has 3 rings (SSSR count). The van der Waals surface area contributed by atoms with Gasteiger partial charge in [-0.15, -0.1) is 0 Å². The van der Waals surface area contributed by atoms with Crippen molar-refractivity contribution in [2.75, 3.05) is 18.4 Å². The van der Waals surface area contributed by atoms with Crippen molar-refractivity contribution in [2.45, 2.75) is 19.3 Å². The predicted octanol–water partition coefficient (Wildman–Crippen LogP) is 1.55. The molecule has 6 heteroatoms. The Hall–Kier alpha value is -2.08. The number of nitrogens with zero attached hydrogens (tertiary/aromatic N) is 4. The van der Waals surface area contributed by atoms with Crippen LogP contribution in [0.4, 0.5) is 11.8 Å². The molecule has 6 nitrogen and oxygen atoms in total. The Labute approximate surface area is 118 Å². The topological polar surface area (TPSA) is 75.6 Å². The summed E-state index contributed by atoms with van der Waals surface area (Å²) in [7, 11) is 0. The van der Waals surface area contributed by atoms with Crippen molar-refractivity contribution in [3.8, 4) is 0 Å². The van der Waals surface area contributed by atoms with Crippen LogP contribution in [0.15, 0.2) is 30.9 Å². The van der Waals surface area contributed by atoms with E-state index in [1.165, 1.54) is 12.8 Å². The van der Waals surface area contributed by atoms with E-state index < -0.39 is 0 Å². The van der Waals surface area contributed by atoms with Crippen LogP contribution in [0.2, 0.25) is 0 Å². The first-order chi connectivity index (χ1) is 9.90. The molecule has 0 spiro atoms. The van der Waals surface area contributed by atoms with Crippen LogP contribution in [0.25, 0.3) is 0 Å². The molecule has 0 amide bonds. The second-order valence-corrected chi connectivity index (χ2v) is 4.99. The van der Waals surface area contributed by atoms with Crippen LogP contribution in [0, 0.1) is 5.92 Å². The number of nitrogens with one attached hydrogen (secondary N) is 2. The molecule has 20 heavy (non-hydrogen) atoms. The maximum Gasteiger partial charge on any atom is 0.228 e. The first-order valence-corrected chi connectivity index (χ1v) is 6.96. The van der Waals surface area contributed by atoms with Gasteiger partial charge in [0.25, 0.3) is 0 Å². The van der Waals surface area contributed by atoms with Crippen molar-refractivity contribution in [3.63, 3.8) is 0 Å². The molecular weight excluding hydrogens is 252 g/mol. The smallest absolute Gasteiger partial charge is 0.228 e. The van der Waals surface area contributed by atoms with Gasteiger partial charge in [-0.05, 0) is 44.3 Å². The van der Waals surface area contributed by atoms with Crippen molar-refractivity contribution >= 4 is 11.8 Å². The molecule has 0 aromatic carbocycles. The predicted molar refractivity (Wildman–Crippen MR) is 76.6 cm³/mol. The molecule has 2 aromatic rings. The van der Waals surface area contributed by atoms with E-state index in [0.717, 1.165) is 25.2 Å². The average Bonchev–Trinajstić information content (AvgIpc) is 2.50. The van der Waals surface area contributed by atoms with E-state index in [1.54, 1.807) is 24.7 Å². The number of anilines is 2. The van der Waals surface area contributed by atoms with Crippen LogP contribution < -0.4 is 10.6 Å². The number of hydrogen-bond acceptors (Lipinski definition) is 6. The van der Waals surface area contributed by atoms with E-state index in [4.69, 9.17) is 0 Å². The minimum atomic E-state index is 0.542. The lowest BCUT2D eigenvalue weighted by Gasteiger charge is -2.22. The summed E-state index contributed by atoms with van der Waals surface area (Å²) < 4.78 is 0. The van der Waals surface area contributed by atoms with Gasteiger partial charge in [0, 0.05) is 18.6 Å². The number of piperidine rings is 1. The highest BCUT2D eigenvalue weighted by atomic mass is 15.1. The van der Waals surface area contributed by atoms with Crippen LogP contribution in [0.3, 0.4) is 0 Å². The fourth-order valence-electron chi connectivity index (χ4n) is 2.42. The van der Waals surface area contributed by atoms with Gasteiger partial charge in [-0.2, -0.15) is 0 Å². The molecule has 1 fully saturated rings. The van der Waals surface area contributed by atoms with E-state index in [1.807, 2.05) is 6.20 Å². The summed E-state index contributed by atoms with van der Waals surface area (Å²) in [6.45, 7) is 2.21. The van der Waals surface area contributed by atoms with Crippen molar-refractivity contribution in [1.29, 1.82) is 0 Å². The monoisotopic (exact) mass is 270 g/mol. The lowest BCUT2D eigenvalue weighted by Crippen LogP contribution is -2.28. The highest BCUT2D eigenvalue weighted by Gasteiger charge is 2.14. The van der Waals surface area contributed by atoms with Crippen LogP contribution in [0.5, 0.6) is 0 Å². The highest BCUT2D eigenvalue weighted by Crippen LogP contribution is 2.17. The highest BCUT2D eigenvalue weighted by molar-refractivity contribution is 5.45. The van der Waals surface area contributed by atoms with E-state index in [0.29, 0.717) is 17.7 Å². The van der Waals surface area contributed by atoms with Gasteiger partial charge in [0.1, 0.15) is 0 Å². The minimum absolute atomic E-state index is 0.542. The number of rotatable bonds is 4. The molecule has 1 aliphatic rings. The van der Waals surface area contributed by atoms with Crippen molar-refractivity contribution in [3.05, 3.63) is 36.5 Å². The Morgan fingerprint density at radius 2 is 1.95 bits per heavy atom. The van der Waals surface area contributed by atoms with Crippen LogP contribution in [0.1, 0.15) is 18.5 Å². The average molecular weight is 270 g/mol.